The van der Waals surface area contributed by atoms with Crippen molar-refractivity contribution >= 4 is 22.7 Å². The highest BCUT2D eigenvalue weighted by Crippen LogP contribution is 2.46. The molecular weight excluding hydrogens is 332 g/mol. The van der Waals surface area contributed by atoms with Crippen molar-refractivity contribution in [1.82, 2.24) is 0 Å². The molecule has 3 aromatic carbocycles. The normalized spacial score (nSPS) is 18.5. The van der Waals surface area contributed by atoms with Crippen LogP contribution in [0.1, 0.15) is 31.8 Å². The smallest absolute Gasteiger partial charge is 0.341 e. The number of carbonyl (C=O) groups excluding carboxylic acids is 2. The average molecular weight is 348 g/mol. The number of hydrogen-bond donors (Lipinski definition) is 0. The Labute approximate surface area is 150 Å². The monoisotopic (exact) mass is 348 g/mol. The zero-order valence-corrected chi connectivity index (χ0v) is 14.3. The summed E-state index contributed by atoms with van der Waals surface area (Å²) in [5.74, 6) is -2.54. The largest absolute Gasteiger partial charge is 0.465 e. The molecule has 0 aromatic heterocycles. The Balaban J connectivity index is 2.13. The van der Waals surface area contributed by atoms with Crippen LogP contribution in [0.25, 0.3) is 10.8 Å². The molecule has 4 rings (SSSR count). The number of cyclic esters (lactones) is 1. The molecule has 5 nitrogen and oxygen atoms in total. The van der Waals surface area contributed by atoms with Crippen LogP contribution in [0.4, 0.5) is 0 Å². The summed E-state index contributed by atoms with van der Waals surface area (Å²) in [6, 6.07) is 18.1. The van der Waals surface area contributed by atoms with Crippen LogP contribution in [-0.2, 0) is 20.0 Å². The molecule has 130 valence electrons. The van der Waals surface area contributed by atoms with Gasteiger partial charge in [-0.3, -0.25) is 0 Å². The highest BCUT2D eigenvalue weighted by atomic mass is 16.7. The molecule has 0 N–H and O–H groups in total. The average Bonchev–Trinajstić information content (AvgIpc) is 2.99. The van der Waals surface area contributed by atoms with Crippen molar-refractivity contribution in [3.8, 4) is 0 Å². The van der Waals surface area contributed by atoms with Gasteiger partial charge < -0.3 is 14.2 Å². The van der Waals surface area contributed by atoms with Crippen LogP contribution in [-0.4, -0.2) is 26.2 Å². The number of fused-ring (bicyclic) bond motifs is 2. The number of rotatable bonds is 3. The van der Waals surface area contributed by atoms with Gasteiger partial charge in [-0.05, 0) is 22.9 Å². The predicted octanol–water partition coefficient (Wildman–Crippen LogP) is 3.64. The van der Waals surface area contributed by atoms with E-state index >= 15 is 0 Å². The van der Waals surface area contributed by atoms with E-state index in [1.54, 1.807) is 30.3 Å². The number of benzene rings is 3. The number of hydrogen-bond acceptors (Lipinski definition) is 5. The fourth-order valence-corrected chi connectivity index (χ4v) is 3.53. The second-order valence-electron chi connectivity index (χ2n) is 5.96. The summed E-state index contributed by atoms with van der Waals surface area (Å²) in [4.78, 5) is 24.9. The molecule has 0 saturated heterocycles. The topological polar surface area (TPSA) is 61.8 Å². The van der Waals surface area contributed by atoms with Crippen LogP contribution >= 0.6 is 0 Å². The second-order valence-corrected chi connectivity index (χ2v) is 5.96. The summed E-state index contributed by atoms with van der Waals surface area (Å²) in [5.41, 5.74) is 1.73. The lowest BCUT2D eigenvalue weighted by Crippen LogP contribution is -2.32. The first-order valence-corrected chi connectivity index (χ1v) is 8.11. The van der Waals surface area contributed by atoms with Crippen LogP contribution in [0.3, 0.4) is 0 Å². The van der Waals surface area contributed by atoms with Crippen molar-refractivity contribution < 1.29 is 23.8 Å². The Morgan fingerprint density at radius 1 is 0.962 bits per heavy atom. The molecule has 1 aliphatic heterocycles. The van der Waals surface area contributed by atoms with E-state index in [1.165, 1.54) is 14.2 Å². The summed E-state index contributed by atoms with van der Waals surface area (Å²) >= 11 is 0. The van der Waals surface area contributed by atoms with E-state index in [1.807, 2.05) is 30.3 Å². The van der Waals surface area contributed by atoms with Crippen LogP contribution in [0.2, 0.25) is 0 Å². The van der Waals surface area contributed by atoms with Crippen molar-refractivity contribution in [2.24, 2.45) is 0 Å². The van der Waals surface area contributed by atoms with E-state index in [-0.39, 0.29) is 5.56 Å². The van der Waals surface area contributed by atoms with E-state index in [0.717, 1.165) is 10.8 Å². The fourth-order valence-electron chi connectivity index (χ4n) is 3.53. The van der Waals surface area contributed by atoms with Crippen molar-refractivity contribution in [3.05, 3.63) is 82.9 Å². The van der Waals surface area contributed by atoms with Gasteiger partial charge in [0.15, 0.2) is 0 Å². The highest BCUT2D eigenvalue weighted by Gasteiger charge is 2.50. The first-order chi connectivity index (χ1) is 12.6. The molecule has 26 heavy (non-hydrogen) atoms. The summed E-state index contributed by atoms with van der Waals surface area (Å²) in [7, 11) is 2.77. The third kappa shape index (κ3) is 2.14. The molecule has 3 aromatic rings. The molecule has 0 fully saturated rings. The molecule has 0 amide bonds. The van der Waals surface area contributed by atoms with Gasteiger partial charge in [-0.1, -0.05) is 48.5 Å². The quantitative estimate of drug-likeness (QED) is 0.676. The molecular formula is C21H16O5. The maximum Gasteiger partial charge on any atom is 0.341 e. The minimum Gasteiger partial charge on any atom is -0.465 e. The van der Waals surface area contributed by atoms with E-state index in [0.29, 0.717) is 16.7 Å². The molecule has 0 spiro atoms. The molecule has 1 heterocycles. The summed E-state index contributed by atoms with van der Waals surface area (Å²) < 4.78 is 16.5. The van der Waals surface area contributed by atoms with Gasteiger partial charge in [-0.25, -0.2) is 9.59 Å². The first kappa shape index (κ1) is 16.3. The molecule has 0 bridgehead atoms. The van der Waals surface area contributed by atoms with Gasteiger partial charge in [0, 0.05) is 12.7 Å². The Morgan fingerprint density at radius 2 is 1.69 bits per heavy atom. The standard InChI is InChI=1S/C21H16O5/c1-24-19(22)16-12-11-13-7-3-4-8-14(13)18(16)21(25-2)17-10-6-5-9-15(17)20(23)26-21/h3-12H,1-2H3. The number of esters is 2. The Kier molecular flexibility index (Phi) is 3.74. The summed E-state index contributed by atoms with van der Waals surface area (Å²) in [5, 5.41) is 1.65. The lowest BCUT2D eigenvalue weighted by Gasteiger charge is -2.30. The van der Waals surface area contributed by atoms with Crippen LogP contribution in [0.15, 0.2) is 60.7 Å². The highest BCUT2D eigenvalue weighted by molar-refractivity contribution is 6.02. The van der Waals surface area contributed by atoms with Gasteiger partial charge in [0.05, 0.1) is 23.8 Å². The minimum absolute atomic E-state index is 0.289. The van der Waals surface area contributed by atoms with Gasteiger partial charge in [-0.15, -0.1) is 0 Å². The predicted molar refractivity (Wildman–Crippen MR) is 94.9 cm³/mol. The lowest BCUT2D eigenvalue weighted by molar-refractivity contribution is -0.154. The van der Waals surface area contributed by atoms with Gasteiger partial charge in [0.25, 0.3) is 5.79 Å². The third-order valence-corrected chi connectivity index (χ3v) is 4.69. The van der Waals surface area contributed by atoms with E-state index in [2.05, 4.69) is 0 Å². The second kappa shape index (κ2) is 5.97. The molecule has 5 heteroatoms. The SMILES string of the molecule is COC(=O)c1ccc2ccccc2c1C1(OC)OC(=O)c2ccccc21. The summed E-state index contributed by atoms with van der Waals surface area (Å²) in [6.07, 6.45) is 0. The van der Waals surface area contributed by atoms with Crippen LogP contribution < -0.4 is 0 Å². The number of carbonyl (C=O) groups is 2. The Bertz CT molecular complexity index is 1040. The van der Waals surface area contributed by atoms with Gasteiger partial charge in [0.2, 0.25) is 0 Å². The molecule has 1 aliphatic rings. The van der Waals surface area contributed by atoms with Gasteiger partial charge in [-0.2, -0.15) is 0 Å². The molecule has 0 saturated carbocycles. The minimum atomic E-state index is -1.52. The Morgan fingerprint density at radius 3 is 2.46 bits per heavy atom. The van der Waals surface area contributed by atoms with Crippen molar-refractivity contribution in [1.29, 1.82) is 0 Å². The van der Waals surface area contributed by atoms with Crippen molar-refractivity contribution in [3.63, 3.8) is 0 Å². The molecule has 0 radical (unpaired) electrons. The summed E-state index contributed by atoms with van der Waals surface area (Å²) in [6.45, 7) is 0. The number of ether oxygens (including phenoxy) is 3. The lowest BCUT2D eigenvalue weighted by atomic mass is 9.88. The maximum absolute atomic E-state index is 12.5. The van der Waals surface area contributed by atoms with Crippen LogP contribution in [0.5, 0.6) is 0 Å². The molecule has 0 aliphatic carbocycles. The first-order valence-electron chi connectivity index (χ1n) is 8.11. The zero-order valence-electron chi connectivity index (χ0n) is 14.3. The van der Waals surface area contributed by atoms with Crippen molar-refractivity contribution in [2.75, 3.05) is 14.2 Å². The van der Waals surface area contributed by atoms with Crippen molar-refractivity contribution in [2.45, 2.75) is 5.79 Å². The van der Waals surface area contributed by atoms with E-state index < -0.39 is 17.7 Å². The molecule has 1 unspecified atom stereocenters. The maximum atomic E-state index is 12.5. The zero-order chi connectivity index (χ0) is 18.3. The number of methoxy groups -OCH3 is 2. The Hall–Kier alpha value is -3.18. The van der Waals surface area contributed by atoms with E-state index in [4.69, 9.17) is 14.2 Å². The fraction of sp³-hybridized carbons (Fsp3) is 0.143. The van der Waals surface area contributed by atoms with E-state index in [9.17, 15) is 9.59 Å². The molecule has 1 atom stereocenters. The third-order valence-electron chi connectivity index (χ3n) is 4.69. The van der Waals surface area contributed by atoms with Gasteiger partial charge >= 0.3 is 11.9 Å². The van der Waals surface area contributed by atoms with Gasteiger partial charge in [0.1, 0.15) is 0 Å². The van der Waals surface area contributed by atoms with Crippen LogP contribution in [0, 0.1) is 0 Å².